The number of rotatable bonds is 8. The second-order valence-corrected chi connectivity index (χ2v) is 8.60. The molecule has 1 unspecified atom stereocenters. The van der Waals surface area contributed by atoms with Crippen LogP contribution < -0.4 is 10.1 Å². The van der Waals surface area contributed by atoms with Gasteiger partial charge >= 0.3 is 0 Å². The summed E-state index contributed by atoms with van der Waals surface area (Å²) in [5.41, 5.74) is 7.38. The average molecular weight is 451 g/mol. The van der Waals surface area contributed by atoms with Gasteiger partial charge in [-0.3, -0.25) is 9.78 Å². The minimum atomic E-state index is -0.355. The average Bonchev–Trinajstić information content (AvgIpc) is 2.85. The van der Waals surface area contributed by atoms with Crippen LogP contribution in [0.4, 0.5) is 0 Å². The van der Waals surface area contributed by atoms with E-state index < -0.39 is 0 Å². The van der Waals surface area contributed by atoms with Crippen molar-refractivity contribution >= 4 is 5.91 Å². The van der Waals surface area contributed by atoms with Gasteiger partial charge in [0.2, 0.25) is 5.91 Å². The van der Waals surface area contributed by atoms with Crippen molar-refractivity contribution in [3.63, 3.8) is 0 Å². The number of hydrogen-bond acceptors (Lipinski definition) is 3. The lowest BCUT2D eigenvalue weighted by Gasteiger charge is -2.20. The molecule has 0 saturated carbocycles. The van der Waals surface area contributed by atoms with Crippen LogP contribution in [0.5, 0.6) is 5.75 Å². The van der Waals surface area contributed by atoms with Crippen molar-refractivity contribution in [1.82, 2.24) is 10.3 Å². The second-order valence-electron chi connectivity index (χ2n) is 8.60. The van der Waals surface area contributed by atoms with Gasteiger partial charge < -0.3 is 10.1 Å². The van der Waals surface area contributed by atoms with E-state index in [2.05, 4.69) is 42.3 Å². The standard InChI is InChI=1S/C30H30N2O2/c1-21-11-16-28(22(2)18-21)29(25-8-5-4-6-9-25)30(33)32-19-24-12-14-27(15-13-24)34-20-26-10-7-17-31-23(26)3/h4-18,29H,19-20H2,1-3H3,(H,32,33). The molecule has 4 aromatic rings. The van der Waals surface area contributed by atoms with Crippen molar-refractivity contribution in [3.05, 3.63) is 130 Å². The van der Waals surface area contributed by atoms with Gasteiger partial charge in [-0.25, -0.2) is 0 Å². The molecule has 4 heteroatoms. The van der Waals surface area contributed by atoms with Gasteiger partial charge in [0.15, 0.2) is 0 Å². The molecular formula is C30H30N2O2. The number of nitrogens with one attached hydrogen (secondary N) is 1. The van der Waals surface area contributed by atoms with Crippen LogP contribution in [-0.4, -0.2) is 10.9 Å². The third-order valence-electron chi connectivity index (χ3n) is 6.03. The summed E-state index contributed by atoms with van der Waals surface area (Å²) in [7, 11) is 0. The molecule has 0 spiro atoms. The van der Waals surface area contributed by atoms with Crippen molar-refractivity contribution in [1.29, 1.82) is 0 Å². The summed E-state index contributed by atoms with van der Waals surface area (Å²) in [5.74, 6) is 0.424. The van der Waals surface area contributed by atoms with E-state index in [0.717, 1.165) is 39.3 Å². The molecular weight excluding hydrogens is 420 g/mol. The minimum absolute atomic E-state index is 0.00877. The summed E-state index contributed by atoms with van der Waals surface area (Å²) in [4.78, 5) is 17.7. The first-order valence-corrected chi connectivity index (χ1v) is 11.5. The number of carbonyl (C=O) groups excluding carboxylic acids is 1. The second kappa shape index (κ2) is 10.8. The molecule has 1 N–H and O–H groups in total. The molecule has 1 amide bonds. The number of nitrogens with zero attached hydrogens (tertiary/aromatic N) is 1. The molecule has 4 nitrogen and oxygen atoms in total. The number of pyridine rings is 1. The first-order chi connectivity index (χ1) is 16.5. The zero-order chi connectivity index (χ0) is 23.9. The predicted octanol–water partition coefficient (Wildman–Crippen LogP) is 6.03. The van der Waals surface area contributed by atoms with Crippen LogP contribution in [0.1, 0.15) is 45.0 Å². The van der Waals surface area contributed by atoms with E-state index in [9.17, 15) is 4.79 Å². The number of aryl methyl sites for hydroxylation is 3. The predicted molar refractivity (Wildman–Crippen MR) is 136 cm³/mol. The van der Waals surface area contributed by atoms with Gasteiger partial charge in [-0.2, -0.15) is 0 Å². The molecule has 1 aromatic heterocycles. The Labute approximate surface area is 201 Å². The Kier molecular flexibility index (Phi) is 7.38. The maximum Gasteiger partial charge on any atom is 0.232 e. The quantitative estimate of drug-likeness (QED) is 0.356. The highest BCUT2D eigenvalue weighted by Crippen LogP contribution is 2.28. The monoisotopic (exact) mass is 450 g/mol. The lowest BCUT2D eigenvalue weighted by atomic mass is 9.87. The Morgan fingerprint density at radius 2 is 1.68 bits per heavy atom. The van der Waals surface area contributed by atoms with E-state index in [1.165, 1.54) is 5.56 Å². The van der Waals surface area contributed by atoms with Crippen LogP contribution in [0, 0.1) is 20.8 Å². The number of ether oxygens (including phenoxy) is 1. The van der Waals surface area contributed by atoms with Gasteiger partial charge in [0.1, 0.15) is 12.4 Å². The van der Waals surface area contributed by atoms with Gasteiger partial charge in [-0.15, -0.1) is 0 Å². The SMILES string of the molecule is Cc1ccc(C(C(=O)NCc2ccc(OCc3cccnc3C)cc2)c2ccccc2)c(C)c1. The third-order valence-corrected chi connectivity index (χ3v) is 6.03. The smallest absolute Gasteiger partial charge is 0.232 e. The molecule has 172 valence electrons. The highest BCUT2D eigenvalue weighted by Gasteiger charge is 2.24. The minimum Gasteiger partial charge on any atom is -0.489 e. The van der Waals surface area contributed by atoms with E-state index in [4.69, 9.17) is 4.74 Å². The van der Waals surface area contributed by atoms with Crippen LogP contribution in [0.3, 0.4) is 0 Å². The molecule has 3 aromatic carbocycles. The van der Waals surface area contributed by atoms with Gasteiger partial charge in [0.05, 0.1) is 5.92 Å². The van der Waals surface area contributed by atoms with Crippen molar-refractivity contribution < 1.29 is 9.53 Å². The third kappa shape index (κ3) is 5.70. The largest absolute Gasteiger partial charge is 0.489 e. The van der Waals surface area contributed by atoms with E-state index in [-0.39, 0.29) is 11.8 Å². The molecule has 0 bridgehead atoms. The molecule has 34 heavy (non-hydrogen) atoms. The van der Waals surface area contributed by atoms with Crippen LogP contribution in [-0.2, 0) is 17.9 Å². The molecule has 1 atom stereocenters. The van der Waals surface area contributed by atoms with Crippen LogP contribution in [0.2, 0.25) is 0 Å². The number of benzene rings is 3. The molecule has 1 heterocycles. The Bertz CT molecular complexity index is 1250. The molecule has 4 rings (SSSR count). The zero-order valence-corrected chi connectivity index (χ0v) is 19.9. The normalized spacial score (nSPS) is 11.6. The summed E-state index contributed by atoms with van der Waals surface area (Å²) >= 11 is 0. The molecule has 0 aliphatic rings. The maximum absolute atomic E-state index is 13.4. The number of carbonyl (C=O) groups is 1. The Morgan fingerprint density at radius 1 is 0.912 bits per heavy atom. The van der Waals surface area contributed by atoms with E-state index >= 15 is 0 Å². The Morgan fingerprint density at radius 3 is 2.38 bits per heavy atom. The summed E-state index contributed by atoms with van der Waals surface area (Å²) in [6.45, 7) is 7.04. The lowest BCUT2D eigenvalue weighted by molar-refractivity contribution is -0.121. The fourth-order valence-corrected chi connectivity index (χ4v) is 4.09. The Hall–Kier alpha value is -3.92. The summed E-state index contributed by atoms with van der Waals surface area (Å²) in [5, 5.41) is 3.13. The fourth-order valence-electron chi connectivity index (χ4n) is 4.09. The molecule has 0 saturated heterocycles. The van der Waals surface area contributed by atoms with E-state index in [1.54, 1.807) is 6.20 Å². The van der Waals surface area contributed by atoms with Gasteiger partial charge in [-0.05, 0) is 61.2 Å². The highest BCUT2D eigenvalue weighted by atomic mass is 16.5. The summed E-state index contributed by atoms with van der Waals surface area (Å²) < 4.78 is 5.90. The molecule has 0 fully saturated rings. The molecule has 0 radical (unpaired) electrons. The zero-order valence-electron chi connectivity index (χ0n) is 19.9. The topological polar surface area (TPSA) is 51.2 Å². The van der Waals surface area contributed by atoms with Crippen molar-refractivity contribution in [3.8, 4) is 5.75 Å². The first-order valence-electron chi connectivity index (χ1n) is 11.5. The van der Waals surface area contributed by atoms with Gasteiger partial charge in [0, 0.05) is 24.0 Å². The summed E-state index contributed by atoms with van der Waals surface area (Å²) in [6.07, 6.45) is 1.78. The first kappa shape index (κ1) is 23.2. The van der Waals surface area contributed by atoms with Crippen molar-refractivity contribution in [2.75, 3.05) is 0 Å². The van der Waals surface area contributed by atoms with Crippen molar-refractivity contribution in [2.24, 2.45) is 0 Å². The molecule has 0 aliphatic carbocycles. The van der Waals surface area contributed by atoms with Gasteiger partial charge in [-0.1, -0.05) is 72.3 Å². The number of hydrogen-bond donors (Lipinski definition) is 1. The van der Waals surface area contributed by atoms with Crippen molar-refractivity contribution in [2.45, 2.75) is 39.8 Å². The van der Waals surface area contributed by atoms with Crippen LogP contribution in [0.15, 0.2) is 91.1 Å². The van der Waals surface area contributed by atoms with Crippen LogP contribution >= 0.6 is 0 Å². The van der Waals surface area contributed by atoms with E-state index in [1.807, 2.05) is 73.7 Å². The fraction of sp³-hybridized carbons (Fsp3) is 0.200. The summed E-state index contributed by atoms with van der Waals surface area (Å²) in [6, 6.07) is 28.0. The lowest BCUT2D eigenvalue weighted by Crippen LogP contribution is -2.30. The highest BCUT2D eigenvalue weighted by molar-refractivity contribution is 5.87. The van der Waals surface area contributed by atoms with Crippen LogP contribution in [0.25, 0.3) is 0 Å². The number of aromatic nitrogens is 1. The molecule has 0 aliphatic heterocycles. The maximum atomic E-state index is 13.4. The van der Waals surface area contributed by atoms with E-state index in [0.29, 0.717) is 13.2 Å². The number of amides is 1. The Balaban J connectivity index is 1.43. The van der Waals surface area contributed by atoms with Gasteiger partial charge in [0.25, 0.3) is 0 Å².